The van der Waals surface area contributed by atoms with Crippen LogP contribution in [0.2, 0.25) is 0 Å². The van der Waals surface area contributed by atoms with Gasteiger partial charge in [-0.1, -0.05) is 6.92 Å². The number of rotatable bonds is 3. The summed E-state index contributed by atoms with van der Waals surface area (Å²) in [6.07, 6.45) is 1.55. The average molecular weight is 365 g/mol. The predicted molar refractivity (Wildman–Crippen MR) is 79.2 cm³/mol. The van der Waals surface area contributed by atoms with Crippen LogP contribution in [-0.4, -0.2) is 31.9 Å². The van der Waals surface area contributed by atoms with Gasteiger partial charge in [0, 0.05) is 19.1 Å². The van der Waals surface area contributed by atoms with Crippen molar-refractivity contribution >= 4 is 26.0 Å². The minimum absolute atomic E-state index is 0.0220. The molecule has 0 saturated carbocycles. The largest absolute Gasteiger partial charge is 0.329 e. The molecule has 0 aromatic heterocycles. The number of benzene rings is 1. The summed E-state index contributed by atoms with van der Waals surface area (Å²) < 4.78 is 40.5. The zero-order valence-electron chi connectivity index (χ0n) is 11.2. The molecule has 1 aliphatic heterocycles. The Bertz CT molecular complexity index is 594. The third-order valence-electron chi connectivity index (χ3n) is 3.69. The van der Waals surface area contributed by atoms with E-state index in [-0.39, 0.29) is 22.0 Å². The van der Waals surface area contributed by atoms with Gasteiger partial charge in [-0.25, -0.2) is 12.8 Å². The molecule has 0 bridgehead atoms. The Morgan fingerprint density at radius 2 is 2.20 bits per heavy atom. The molecule has 1 aromatic rings. The molecule has 20 heavy (non-hydrogen) atoms. The van der Waals surface area contributed by atoms with E-state index >= 15 is 0 Å². The monoisotopic (exact) mass is 364 g/mol. The fourth-order valence-corrected chi connectivity index (χ4v) is 4.45. The highest BCUT2D eigenvalue weighted by atomic mass is 79.9. The van der Waals surface area contributed by atoms with Gasteiger partial charge in [-0.15, -0.1) is 0 Å². The second-order valence-corrected chi connectivity index (χ2v) is 7.96. The summed E-state index contributed by atoms with van der Waals surface area (Å²) >= 11 is 3.02. The third kappa shape index (κ3) is 3.05. The second-order valence-electron chi connectivity index (χ2n) is 5.21. The number of hydrogen-bond donors (Lipinski definition) is 1. The highest BCUT2D eigenvalue weighted by molar-refractivity contribution is 9.10. The van der Waals surface area contributed by atoms with Gasteiger partial charge in [-0.05, 0) is 52.9 Å². The van der Waals surface area contributed by atoms with Gasteiger partial charge in [0.25, 0.3) is 0 Å². The van der Waals surface area contributed by atoms with Gasteiger partial charge in [0.15, 0.2) is 0 Å². The maximum atomic E-state index is 13.6. The van der Waals surface area contributed by atoms with Crippen molar-refractivity contribution in [2.75, 3.05) is 13.1 Å². The maximum absolute atomic E-state index is 13.6. The molecular formula is C13H18BrFN2O2S. The molecule has 0 amide bonds. The topological polar surface area (TPSA) is 63.4 Å². The molecule has 1 fully saturated rings. The number of sulfonamides is 1. The fourth-order valence-electron chi connectivity index (χ4n) is 2.53. The molecule has 0 aliphatic carbocycles. The summed E-state index contributed by atoms with van der Waals surface area (Å²) in [5.41, 5.74) is 5.70. The summed E-state index contributed by atoms with van der Waals surface area (Å²) in [5.74, 6) is -0.127. The Labute approximate surface area is 127 Å². The molecule has 2 atom stereocenters. The molecule has 112 valence electrons. The quantitative estimate of drug-likeness (QED) is 0.894. The first-order valence-electron chi connectivity index (χ1n) is 6.53. The van der Waals surface area contributed by atoms with Crippen LogP contribution in [0.4, 0.5) is 4.39 Å². The van der Waals surface area contributed by atoms with Crippen LogP contribution < -0.4 is 5.73 Å². The number of piperidine rings is 1. The molecule has 1 saturated heterocycles. The van der Waals surface area contributed by atoms with E-state index in [2.05, 4.69) is 22.9 Å². The lowest BCUT2D eigenvalue weighted by atomic mass is 9.94. The first-order valence-corrected chi connectivity index (χ1v) is 8.76. The highest BCUT2D eigenvalue weighted by Crippen LogP contribution is 2.29. The predicted octanol–water partition coefficient (Wildman–Crippen LogP) is 2.34. The van der Waals surface area contributed by atoms with Crippen LogP contribution >= 0.6 is 15.9 Å². The van der Waals surface area contributed by atoms with Crippen molar-refractivity contribution in [2.24, 2.45) is 11.7 Å². The standard InChI is InChI=1S/C13H18BrFN2O2S/c1-9-4-5-17(10(6-9)8-16)20(18,19)11-2-3-12(14)13(15)7-11/h2-3,7,9-10H,4-6,8,16H2,1H3. The van der Waals surface area contributed by atoms with Crippen LogP contribution in [0.15, 0.2) is 27.6 Å². The maximum Gasteiger partial charge on any atom is 0.243 e. The Hall–Kier alpha value is -0.500. The van der Waals surface area contributed by atoms with Crippen molar-refractivity contribution in [2.45, 2.75) is 30.7 Å². The van der Waals surface area contributed by atoms with Crippen molar-refractivity contribution < 1.29 is 12.8 Å². The molecule has 0 spiro atoms. The molecule has 1 heterocycles. The fraction of sp³-hybridized carbons (Fsp3) is 0.538. The van der Waals surface area contributed by atoms with Crippen molar-refractivity contribution in [3.8, 4) is 0 Å². The molecule has 2 rings (SSSR count). The van der Waals surface area contributed by atoms with Gasteiger partial charge in [0.1, 0.15) is 5.82 Å². The smallest absolute Gasteiger partial charge is 0.243 e. The van der Waals surface area contributed by atoms with Crippen molar-refractivity contribution in [3.63, 3.8) is 0 Å². The van der Waals surface area contributed by atoms with Gasteiger partial charge in [-0.2, -0.15) is 4.31 Å². The normalized spacial score (nSPS) is 24.8. The van der Waals surface area contributed by atoms with Crippen LogP contribution in [0.5, 0.6) is 0 Å². The number of halogens is 2. The molecule has 7 heteroatoms. The van der Waals surface area contributed by atoms with Crippen molar-refractivity contribution in [1.29, 1.82) is 0 Å². The third-order valence-corrected chi connectivity index (χ3v) is 6.28. The molecule has 0 radical (unpaired) electrons. The average Bonchev–Trinajstić information content (AvgIpc) is 2.41. The van der Waals surface area contributed by atoms with E-state index in [9.17, 15) is 12.8 Å². The van der Waals surface area contributed by atoms with E-state index in [1.54, 1.807) is 0 Å². The van der Waals surface area contributed by atoms with E-state index in [0.29, 0.717) is 12.5 Å². The van der Waals surface area contributed by atoms with Gasteiger partial charge in [-0.3, -0.25) is 0 Å². The van der Waals surface area contributed by atoms with E-state index < -0.39 is 15.8 Å². The Morgan fingerprint density at radius 3 is 2.80 bits per heavy atom. The molecular weight excluding hydrogens is 347 g/mol. The SMILES string of the molecule is CC1CCN(S(=O)(=O)c2ccc(Br)c(F)c2)C(CN)C1. The van der Waals surface area contributed by atoms with E-state index in [1.807, 2.05) is 0 Å². The molecule has 2 unspecified atom stereocenters. The van der Waals surface area contributed by atoms with Gasteiger partial charge in [0.05, 0.1) is 9.37 Å². The first-order chi connectivity index (χ1) is 9.36. The van der Waals surface area contributed by atoms with Crippen molar-refractivity contribution in [1.82, 2.24) is 4.31 Å². The second kappa shape index (κ2) is 6.09. The lowest BCUT2D eigenvalue weighted by molar-refractivity contribution is 0.211. The number of hydrogen-bond acceptors (Lipinski definition) is 3. The van der Waals surface area contributed by atoms with Crippen LogP contribution in [0, 0.1) is 11.7 Å². The zero-order valence-corrected chi connectivity index (χ0v) is 13.6. The summed E-state index contributed by atoms with van der Waals surface area (Å²) in [5, 5.41) is 0. The number of nitrogens with two attached hydrogens (primary N) is 1. The summed E-state index contributed by atoms with van der Waals surface area (Å²) in [7, 11) is -3.69. The Balaban J connectivity index is 2.35. The molecule has 1 aliphatic rings. The van der Waals surface area contributed by atoms with Gasteiger partial charge in [0.2, 0.25) is 10.0 Å². The molecule has 2 N–H and O–H groups in total. The van der Waals surface area contributed by atoms with E-state index in [0.717, 1.165) is 18.9 Å². The Kier molecular flexibility index (Phi) is 4.84. The van der Waals surface area contributed by atoms with Gasteiger partial charge >= 0.3 is 0 Å². The van der Waals surface area contributed by atoms with Crippen LogP contribution in [0.1, 0.15) is 19.8 Å². The molecule has 1 aromatic carbocycles. The van der Waals surface area contributed by atoms with Crippen LogP contribution in [-0.2, 0) is 10.0 Å². The summed E-state index contributed by atoms with van der Waals surface area (Å²) in [4.78, 5) is -0.0220. The summed E-state index contributed by atoms with van der Waals surface area (Å²) in [6, 6.07) is 3.65. The minimum Gasteiger partial charge on any atom is -0.329 e. The lowest BCUT2D eigenvalue weighted by Crippen LogP contribution is -2.49. The van der Waals surface area contributed by atoms with Crippen molar-refractivity contribution in [3.05, 3.63) is 28.5 Å². The Morgan fingerprint density at radius 1 is 1.50 bits per heavy atom. The van der Waals surface area contributed by atoms with E-state index in [1.165, 1.54) is 16.4 Å². The number of nitrogens with zero attached hydrogens (tertiary/aromatic N) is 1. The molecule has 4 nitrogen and oxygen atoms in total. The minimum atomic E-state index is -3.69. The van der Waals surface area contributed by atoms with Crippen LogP contribution in [0.3, 0.4) is 0 Å². The van der Waals surface area contributed by atoms with Crippen LogP contribution in [0.25, 0.3) is 0 Å². The van der Waals surface area contributed by atoms with E-state index in [4.69, 9.17) is 5.73 Å². The zero-order chi connectivity index (χ0) is 14.9. The lowest BCUT2D eigenvalue weighted by Gasteiger charge is -2.36. The summed E-state index contributed by atoms with van der Waals surface area (Å²) in [6.45, 7) is 2.80. The van der Waals surface area contributed by atoms with Gasteiger partial charge < -0.3 is 5.73 Å². The first kappa shape index (κ1) is 15.9. The highest BCUT2D eigenvalue weighted by Gasteiger charge is 2.35.